The second-order valence-corrected chi connectivity index (χ2v) is 6.47. The van der Waals surface area contributed by atoms with Crippen LogP contribution in [0.15, 0.2) is 30.5 Å². The van der Waals surface area contributed by atoms with Crippen LogP contribution in [0.2, 0.25) is 0 Å². The van der Waals surface area contributed by atoms with Crippen LogP contribution in [0, 0.1) is 6.92 Å². The van der Waals surface area contributed by atoms with Gasteiger partial charge in [0.15, 0.2) is 24.2 Å². The van der Waals surface area contributed by atoms with Crippen molar-refractivity contribution in [2.24, 2.45) is 0 Å². The van der Waals surface area contributed by atoms with Crippen molar-refractivity contribution in [3.05, 3.63) is 41.6 Å². The lowest BCUT2D eigenvalue weighted by Gasteiger charge is -2.22. The first-order chi connectivity index (χ1) is 12.2. The number of benzene rings is 2. The molecule has 5 heteroatoms. The highest BCUT2D eigenvalue weighted by Crippen LogP contribution is 2.42. The molecule has 0 spiro atoms. The van der Waals surface area contributed by atoms with Crippen molar-refractivity contribution in [3.8, 4) is 34.3 Å². The van der Waals surface area contributed by atoms with Gasteiger partial charge in [0.05, 0.1) is 12.5 Å². The molecule has 0 aliphatic carbocycles. The van der Waals surface area contributed by atoms with Gasteiger partial charge in [-0.1, -0.05) is 11.8 Å². The number of hydrogen-bond acceptors (Lipinski definition) is 4. The Kier molecular flexibility index (Phi) is 2.89. The van der Waals surface area contributed by atoms with Crippen LogP contribution in [0.1, 0.15) is 11.1 Å². The van der Waals surface area contributed by atoms with Gasteiger partial charge in [-0.15, -0.1) is 0 Å². The lowest BCUT2D eigenvalue weighted by molar-refractivity contribution is -0.686. The van der Waals surface area contributed by atoms with Gasteiger partial charge in [0, 0.05) is 22.9 Å². The molecule has 5 nitrogen and oxygen atoms in total. The molecule has 0 saturated heterocycles. The second kappa shape index (κ2) is 5.02. The van der Waals surface area contributed by atoms with E-state index in [1.165, 1.54) is 7.11 Å². The van der Waals surface area contributed by atoms with Crippen LogP contribution in [0.5, 0.6) is 23.0 Å². The first-order valence-corrected chi connectivity index (χ1v) is 8.31. The Hall–Kier alpha value is -2.95. The Morgan fingerprint density at radius 3 is 2.88 bits per heavy atom. The summed E-state index contributed by atoms with van der Waals surface area (Å²) in [5.74, 6) is 1.92. The number of aryl methyl sites for hydroxylation is 3. The van der Waals surface area contributed by atoms with E-state index in [2.05, 4.69) is 23.8 Å². The van der Waals surface area contributed by atoms with Gasteiger partial charge in [-0.05, 0) is 30.7 Å². The molecular formula is C20H17NO4. The van der Waals surface area contributed by atoms with E-state index in [1.807, 2.05) is 12.1 Å². The molecule has 0 bridgehead atoms. The van der Waals surface area contributed by atoms with Gasteiger partial charge in [0.1, 0.15) is 5.75 Å². The fraction of sp³-hybridized carbons (Fsp3) is 0.250. The lowest BCUT2D eigenvalue weighted by atomic mass is 9.92. The van der Waals surface area contributed by atoms with Crippen molar-refractivity contribution in [2.45, 2.75) is 19.9 Å². The summed E-state index contributed by atoms with van der Waals surface area (Å²) in [4.78, 5) is 0. The minimum absolute atomic E-state index is 0.0834. The molecule has 0 fully saturated rings. The monoisotopic (exact) mass is 335 g/mol. The van der Waals surface area contributed by atoms with Crippen LogP contribution >= 0.6 is 0 Å². The van der Waals surface area contributed by atoms with E-state index < -0.39 is 0 Å². The molecule has 126 valence electrons. The Morgan fingerprint density at radius 1 is 1.16 bits per heavy atom. The van der Waals surface area contributed by atoms with E-state index in [0.717, 1.165) is 57.6 Å². The average Bonchev–Trinajstić information content (AvgIpc) is 3.10. The van der Waals surface area contributed by atoms with Crippen LogP contribution in [0.25, 0.3) is 22.0 Å². The summed E-state index contributed by atoms with van der Waals surface area (Å²) in [6, 6.07) is 7.59. The number of methoxy groups -OCH3 is 1. The molecule has 3 aromatic rings. The zero-order valence-electron chi connectivity index (χ0n) is 14.1. The molecule has 0 radical (unpaired) electrons. The van der Waals surface area contributed by atoms with E-state index in [4.69, 9.17) is 14.2 Å². The number of fused-ring (bicyclic) bond motifs is 6. The van der Waals surface area contributed by atoms with E-state index in [9.17, 15) is 5.11 Å². The van der Waals surface area contributed by atoms with Crippen molar-refractivity contribution in [1.82, 2.24) is 0 Å². The smallest absolute Gasteiger partial charge is 0.231 e. The standard InChI is InChI=1S/C20H17NO4/c1-11-13-3-4-17-20(25-10-24-17)15(13)9-21-6-5-12-7-18(23-2)16(22)8-14(12)19(11)21/h3-4,7-9H,5-6,10H2,1-2H3. The zero-order valence-corrected chi connectivity index (χ0v) is 14.1. The van der Waals surface area contributed by atoms with E-state index >= 15 is 0 Å². The maximum absolute atomic E-state index is 12.3. The van der Waals surface area contributed by atoms with Gasteiger partial charge in [-0.25, -0.2) is 0 Å². The van der Waals surface area contributed by atoms with Crippen molar-refractivity contribution in [1.29, 1.82) is 0 Å². The Balaban J connectivity index is 1.82. The van der Waals surface area contributed by atoms with Crippen LogP contribution < -0.4 is 23.9 Å². The summed E-state index contributed by atoms with van der Waals surface area (Å²) in [6.07, 6.45) is 2.98. The maximum atomic E-state index is 12.3. The quantitative estimate of drug-likeness (QED) is 0.641. The highest BCUT2D eigenvalue weighted by atomic mass is 16.7. The van der Waals surface area contributed by atoms with Crippen LogP contribution in [-0.4, -0.2) is 13.9 Å². The van der Waals surface area contributed by atoms with Gasteiger partial charge in [-0.3, -0.25) is 0 Å². The van der Waals surface area contributed by atoms with Crippen molar-refractivity contribution in [3.63, 3.8) is 0 Å². The molecule has 0 unspecified atom stereocenters. The van der Waals surface area contributed by atoms with E-state index in [0.29, 0.717) is 5.75 Å². The van der Waals surface area contributed by atoms with E-state index in [1.54, 1.807) is 6.07 Å². The maximum Gasteiger partial charge on any atom is 0.231 e. The van der Waals surface area contributed by atoms with Crippen LogP contribution in [0.3, 0.4) is 0 Å². The van der Waals surface area contributed by atoms with Crippen LogP contribution in [-0.2, 0) is 13.0 Å². The van der Waals surface area contributed by atoms with E-state index in [-0.39, 0.29) is 12.5 Å². The fourth-order valence-corrected chi connectivity index (χ4v) is 3.98. The average molecular weight is 335 g/mol. The third-order valence-corrected chi connectivity index (χ3v) is 5.18. The van der Waals surface area contributed by atoms with Gasteiger partial charge in [0.2, 0.25) is 12.5 Å². The molecule has 2 aliphatic rings. The SMILES string of the molecule is COc1cc2c(cc1[O-])-c1c(C)c3ccc4c(c3c[n+]1CC2)OCO4. The largest absolute Gasteiger partial charge is 0.870 e. The van der Waals surface area contributed by atoms with Crippen LogP contribution in [0.4, 0.5) is 0 Å². The topological polar surface area (TPSA) is 54.6 Å². The first-order valence-electron chi connectivity index (χ1n) is 8.31. The highest BCUT2D eigenvalue weighted by Gasteiger charge is 2.29. The normalized spacial score (nSPS) is 14.3. The molecule has 25 heavy (non-hydrogen) atoms. The molecule has 3 heterocycles. The minimum Gasteiger partial charge on any atom is -0.870 e. The van der Waals surface area contributed by atoms with Gasteiger partial charge in [0.25, 0.3) is 0 Å². The summed E-state index contributed by atoms with van der Waals surface area (Å²) in [5, 5.41) is 14.5. The van der Waals surface area contributed by atoms with Crippen molar-refractivity contribution < 1.29 is 23.9 Å². The number of pyridine rings is 1. The number of ether oxygens (including phenoxy) is 3. The number of rotatable bonds is 1. The summed E-state index contributed by atoms with van der Waals surface area (Å²) in [6.45, 7) is 3.21. The Bertz CT molecular complexity index is 1040. The van der Waals surface area contributed by atoms with Gasteiger partial charge in [-0.2, -0.15) is 4.57 Å². The minimum atomic E-state index is -0.0834. The van der Waals surface area contributed by atoms with Crippen molar-refractivity contribution in [2.75, 3.05) is 13.9 Å². The molecular weight excluding hydrogens is 318 g/mol. The number of nitrogens with zero attached hydrogens (tertiary/aromatic N) is 1. The Morgan fingerprint density at radius 2 is 2.04 bits per heavy atom. The van der Waals surface area contributed by atoms with Gasteiger partial charge >= 0.3 is 0 Å². The zero-order chi connectivity index (χ0) is 17.1. The lowest BCUT2D eigenvalue weighted by Crippen LogP contribution is -2.41. The summed E-state index contributed by atoms with van der Waals surface area (Å²) in [7, 11) is 1.54. The summed E-state index contributed by atoms with van der Waals surface area (Å²) in [5.41, 5.74) is 4.38. The third kappa shape index (κ3) is 1.92. The predicted octanol–water partition coefficient (Wildman–Crippen LogP) is 2.47. The van der Waals surface area contributed by atoms with Gasteiger partial charge < -0.3 is 19.3 Å². The first kappa shape index (κ1) is 14.4. The molecule has 0 N–H and O–H groups in total. The van der Waals surface area contributed by atoms with Crippen molar-refractivity contribution >= 4 is 10.8 Å². The number of aromatic nitrogens is 1. The third-order valence-electron chi connectivity index (χ3n) is 5.18. The highest BCUT2D eigenvalue weighted by molar-refractivity contribution is 5.95. The Labute approximate surface area is 145 Å². The molecule has 0 amide bonds. The molecule has 0 saturated carbocycles. The number of hydrogen-bond donors (Lipinski definition) is 0. The second-order valence-electron chi connectivity index (χ2n) is 6.47. The molecule has 2 aliphatic heterocycles. The summed E-state index contributed by atoms with van der Waals surface area (Å²) >= 11 is 0. The molecule has 5 rings (SSSR count). The molecule has 0 atom stereocenters. The predicted molar refractivity (Wildman–Crippen MR) is 90.1 cm³/mol. The molecule has 2 aromatic carbocycles. The molecule has 1 aromatic heterocycles. The fourth-order valence-electron chi connectivity index (χ4n) is 3.98. The summed E-state index contributed by atoms with van der Waals surface area (Å²) < 4.78 is 18.6.